The third-order valence-corrected chi connectivity index (χ3v) is 4.25. The molecule has 6 heteroatoms. The van der Waals surface area contributed by atoms with E-state index in [9.17, 15) is 15.0 Å². The standard InChI is InChI=1S/C18H32O6/c1-14-15(19)13-16(20)18(24-14)23-12-10-8-6-4-2-3-5-7-9-11-17(21)22/h9,11,14-16,18-20H,2-8,10,12-13H2,1H3,(H,21,22). The second-order valence-corrected chi connectivity index (χ2v) is 6.45. The van der Waals surface area contributed by atoms with E-state index in [1.807, 2.05) is 0 Å². The zero-order valence-electron chi connectivity index (χ0n) is 14.6. The predicted molar refractivity (Wildman–Crippen MR) is 90.6 cm³/mol. The average molecular weight is 344 g/mol. The van der Waals surface area contributed by atoms with Gasteiger partial charge in [-0.1, -0.05) is 38.2 Å². The van der Waals surface area contributed by atoms with Crippen LogP contribution in [-0.2, 0) is 14.3 Å². The van der Waals surface area contributed by atoms with Crippen molar-refractivity contribution in [3.63, 3.8) is 0 Å². The zero-order valence-corrected chi connectivity index (χ0v) is 14.6. The number of aliphatic carboxylic acids is 1. The fourth-order valence-corrected chi connectivity index (χ4v) is 2.73. The number of rotatable bonds is 12. The van der Waals surface area contributed by atoms with E-state index >= 15 is 0 Å². The lowest BCUT2D eigenvalue weighted by Crippen LogP contribution is -2.47. The molecule has 0 radical (unpaired) electrons. The van der Waals surface area contributed by atoms with Gasteiger partial charge in [0.15, 0.2) is 6.29 Å². The van der Waals surface area contributed by atoms with E-state index in [1.165, 1.54) is 18.9 Å². The van der Waals surface area contributed by atoms with E-state index in [2.05, 4.69) is 0 Å². The molecule has 1 aliphatic rings. The van der Waals surface area contributed by atoms with Gasteiger partial charge >= 0.3 is 5.97 Å². The Morgan fingerprint density at radius 1 is 1.08 bits per heavy atom. The van der Waals surface area contributed by atoms with Crippen LogP contribution in [0.2, 0.25) is 0 Å². The van der Waals surface area contributed by atoms with Crippen molar-refractivity contribution in [2.24, 2.45) is 0 Å². The molecule has 6 nitrogen and oxygen atoms in total. The lowest BCUT2D eigenvalue weighted by atomic mass is 10.0. The Balaban J connectivity index is 1.89. The summed E-state index contributed by atoms with van der Waals surface area (Å²) in [5.74, 6) is -0.881. The number of hydrogen-bond acceptors (Lipinski definition) is 5. The first-order valence-corrected chi connectivity index (χ1v) is 9.03. The number of aliphatic hydroxyl groups is 2. The molecule has 0 aliphatic carbocycles. The minimum Gasteiger partial charge on any atom is -0.478 e. The molecule has 0 amide bonds. The Morgan fingerprint density at radius 2 is 1.71 bits per heavy atom. The van der Waals surface area contributed by atoms with Gasteiger partial charge in [-0.05, 0) is 26.2 Å². The number of unbranched alkanes of at least 4 members (excludes halogenated alkanes) is 7. The number of hydrogen-bond donors (Lipinski definition) is 3. The van der Waals surface area contributed by atoms with Crippen LogP contribution in [0.15, 0.2) is 12.2 Å². The summed E-state index contributed by atoms with van der Waals surface area (Å²) in [5.41, 5.74) is 0. The van der Waals surface area contributed by atoms with Gasteiger partial charge in [0.1, 0.15) is 6.10 Å². The maximum absolute atomic E-state index is 10.3. The normalized spacial score (nSPS) is 27.6. The first-order valence-electron chi connectivity index (χ1n) is 9.03. The number of carbonyl (C=O) groups is 1. The van der Waals surface area contributed by atoms with Crippen molar-refractivity contribution in [3.8, 4) is 0 Å². The van der Waals surface area contributed by atoms with Crippen molar-refractivity contribution >= 4 is 5.97 Å². The van der Waals surface area contributed by atoms with E-state index in [4.69, 9.17) is 14.6 Å². The SMILES string of the molecule is CC1OC(OCCCCCCCCCC=CC(=O)O)C(O)CC1O. The van der Waals surface area contributed by atoms with Crippen LogP contribution >= 0.6 is 0 Å². The van der Waals surface area contributed by atoms with Crippen molar-refractivity contribution in [1.29, 1.82) is 0 Å². The molecule has 0 spiro atoms. The molecule has 1 fully saturated rings. The Kier molecular flexibility index (Phi) is 10.9. The molecule has 1 aliphatic heterocycles. The van der Waals surface area contributed by atoms with Crippen molar-refractivity contribution in [2.75, 3.05) is 6.61 Å². The fourth-order valence-electron chi connectivity index (χ4n) is 2.73. The first-order chi connectivity index (χ1) is 11.5. The fraction of sp³-hybridized carbons (Fsp3) is 0.833. The summed E-state index contributed by atoms with van der Waals surface area (Å²) in [7, 11) is 0. The van der Waals surface area contributed by atoms with Gasteiger partial charge in [-0.2, -0.15) is 0 Å². The number of carboxylic acid groups (broad SMARTS) is 1. The highest BCUT2D eigenvalue weighted by molar-refractivity contribution is 5.79. The van der Waals surface area contributed by atoms with E-state index in [-0.39, 0.29) is 6.10 Å². The monoisotopic (exact) mass is 344 g/mol. The highest BCUT2D eigenvalue weighted by Gasteiger charge is 2.34. The van der Waals surface area contributed by atoms with Crippen LogP contribution in [0.3, 0.4) is 0 Å². The number of carboxylic acids is 1. The lowest BCUT2D eigenvalue weighted by molar-refractivity contribution is -0.261. The van der Waals surface area contributed by atoms with Crippen LogP contribution in [0.1, 0.15) is 64.7 Å². The maximum Gasteiger partial charge on any atom is 0.327 e. The summed E-state index contributed by atoms with van der Waals surface area (Å²) >= 11 is 0. The van der Waals surface area contributed by atoms with Crippen molar-refractivity contribution in [3.05, 3.63) is 12.2 Å². The molecular weight excluding hydrogens is 312 g/mol. The molecule has 1 saturated heterocycles. The van der Waals surface area contributed by atoms with Gasteiger partial charge in [-0.25, -0.2) is 4.79 Å². The summed E-state index contributed by atoms with van der Waals surface area (Å²) in [6, 6.07) is 0. The largest absolute Gasteiger partial charge is 0.478 e. The molecule has 0 aromatic carbocycles. The van der Waals surface area contributed by atoms with Crippen LogP contribution < -0.4 is 0 Å². The Hall–Kier alpha value is -0.950. The molecule has 4 unspecified atom stereocenters. The van der Waals surface area contributed by atoms with Crippen LogP contribution in [0.5, 0.6) is 0 Å². The molecule has 140 valence electrons. The summed E-state index contributed by atoms with van der Waals surface area (Å²) in [5, 5.41) is 27.8. The van der Waals surface area contributed by atoms with Crippen LogP contribution in [0, 0.1) is 0 Å². The van der Waals surface area contributed by atoms with Crippen molar-refractivity contribution in [1.82, 2.24) is 0 Å². The molecule has 0 saturated carbocycles. The molecule has 0 bridgehead atoms. The minimum absolute atomic E-state index is 0.299. The highest BCUT2D eigenvalue weighted by atomic mass is 16.7. The third-order valence-electron chi connectivity index (χ3n) is 4.25. The molecule has 1 heterocycles. The average Bonchev–Trinajstić information content (AvgIpc) is 2.52. The molecule has 0 aromatic rings. The Labute approximate surface area is 144 Å². The second kappa shape index (κ2) is 12.4. The third kappa shape index (κ3) is 9.37. The molecular formula is C18H32O6. The first kappa shape index (κ1) is 21.1. The van der Waals surface area contributed by atoms with Gasteiger partial charge in [0, 0.05) is 19.1 Å². The van der Waals surface area contributed by atoms with Gasteiger partial charge in [0.25, 0.3) is 0 Å². The summed E-state index contributed by atoms with van der Waals surface area (Å²) in [6.45, 7) is 2.34. The summed E-state index contributed by atoms with van der Waals surface area (Å²) in [4.78, 5) is 10.3. The number of allylic oxidation sites excluding steroid dienone is 1. The van der Waals surface area contributed by atoms with E-state index in [1.54, 1.807) is 13.0 Å². The number of ether oxygens (including phenoxy) is 2. The minimum atomic E-state index is -0.881. The van der Waals surface area contributed by atoms with E-state index < -0.39 is 24.5 Å². The quantitative estimate of drug-likeness (QED) is 0.372. The van der Waals surface area contributed by atoms with Gasteiger partial charge in [0.2, 0.25) is 0 Å². The molecule has 3 N–H and O–H groups in total. The van der Waals surface area contributed by atoms with Gasteiger partial charge in [-0.3, -0.25) is 0 Å². The van der Waals surface area contributed by atoms with Gasteiger partial charge in [0.05, 0.1) is 12.2 Å². The van der Waals surface area contributed by atoms with Gasteiger partial charge < -0.3 is 24.8 Å². The summed E-state index contributed by atoms with van der Waals surface area (Å²) in [6.07, 6.45) is 9.41. The maximum atomic E-state index is 10.3. The van der Waals surface area contributed by atoms with Crippen molar-refractivity contribution in [2.45, 2.75) is 89.3 Å². The van der Waals surface area contributed by atoms with Crippen LogP contribution in [0.25, 0.3) is 0 Å². The molecule has 0 aromatic heterocycles. The van der Waals surface area contributed by atoms with E-state index in [0.717, 1.165) is 38.5 Å². The Bertz CT molecular complexity index is 371. The zero-order chi connectivity index (χ0) is 17.8. The number of aliphatic hydroxyl groups excluding tert-OH is 2. The van der Waals surface area contributed by atoms with E-state index in [0.29, 0.717) is 13.0 Å². The van der Waals surface area contributed by atoms with Gasteiger partial charge in [-0.15, -0.1) is 0 Å². The molecule has 1 rings (SSSR count). The smallest absolute Gasteiger partial charge is 0.327 e. The molecule has 24 heavy (non-hydrogen) atoms. The topological polar surface area (TPSA) is 96.2 Å². The molecule has 4 atom stereocenters. The second-order valence-electron chi connectivity index (χ2n) is 6.45. The van der Waals surface area contributed by atoms with Crippen LogP contribution in [0.4, 0.5) is 0 Å². The lowest BCUT2D eigenvalue weighted by Gasteiger charge is -2.35. The van der Waals surface area contributed by atoms with Crippen LogP contribution in [-0.4, -0.2) is 52.5 Å². The summed E-state index contributed by atoms with van der Waals surface area (Å²) < 4.78 is 11.0. The Morgan fingerprint density at radius 3 is 2.38 bits per heavy atom. The van der Waals surface area contributed by atoms with Crippen molar-refractivity contribution < 1.29 is 29.6 Å². The predicted octanol–water partition coefficient (Wildman–Crippen LogP) is 2.62. The highest BCUT2D eigenvalue weighted by Crippen LogP contribution is 2.21.